The van der Waals surface area contributed by atoms with Gasteiger partial charge in [-0.05, 0) is 31.5 Å². The highest BCUT2D eigenvalue weighted by Crippen LogP contribution is 2.29. The van der Waals surface area contributed by atoms with Crippen molar-refractivity contribution < 1.29 is 14.3 Å². The molecule has 0 saturated carbocycles. The molecule has 0 amide bonds. The van der Waals surface area contributed by atoms with Gasteiger partial charge in [-0.1, -0.05) is 23.7 Å². The van der Waals surface area contributed by atoms with E-state index in [1.54, 1.807) is 37.6 Å². The molecule has 2 aromatic heterocycles. The topological polar surface area (TPSA) is 78.6 Å². The third-order valence-electron chi connectivity index (χ3n) is 3.72. The maximum atomic E-state index is 12.0. The first kappa shape index (κ1) is 17.3. The van der Waals surface area contributed by atoms with Crippen molar-refractivity contribution in [3.63, 3.8) is 0 Å². The van der Waals surface area contributed by atoms with Crippen LogP contribution in [0.4, 0.5) is 0 Å². The van der Waals surface area contributed by atoms with E-state index in [2.05, 4.69) is 15.3 Å². The summed E-state index contributed by atoms with van der Waals surface area (Å²) in [5.74, 6) is -0.522. The molecular weight excluding hydrogens is 344 g/mol. The Balaban J connectivity index is 2.22. The first-order valence-electron chi connectivity index (χ1n) is 7.73. The SMILES string of the molecule is CCOC(=O)c1nnc2c(-c3ccc(Cl)cc3)c(COC)nn2c1C. The first-order chi connectivity index (χ1) is 12.1. The number of hydrogen-bond acceptors (Lipinski definition) is 6. The van der Waals surface area contributed by atoms with Crippen molar-refractivity contribution in [1.29, 1.82) is 0 Å². The number of hydrogen-bond donors (Lipinski definition) is 0. The molecule has 0 aliphatic carbocycles. The minimum Gasteiger partial charge on any atom is -0.461 e. The molecule has 1 aromatic carbocycles. The van der Waals surface area contributed by atoms with Gasteiger partial charge in [0.15, 0.2) is 11.3 Å². The number of benzene rings is 1. The number of methoxy groups -OCH3 is 1. The monoisotopic (exact) mass is 360 g/mol. The normalized spacial score (nSPS) is 11.0. The molecule has 0 bridgehead atoms. The van der Waals surface area contributed by atoms with E-state index in [-0.39, 0.29) is 12.3 Å². The second-order valence-electron chi connectivity index (χ2n) is 5.35. The van der Waals surface area contributed by atoms with Gasteiger partial charge in [-0.2, -0.15) is 5.10 Å². The van der Waals surface area contributed by atoms with Gasteiger partial charge in [0.2, 0.25) is 0 Å². The van der Waals surface area contributed by atoms with Crippen molar-refractivity contribution in [1.82, 2.24) is 19.8 Å². The molecule has 2 heterocycles. The van der Waals surface area contributed by atoms with Crippen LogP contribution in [0.15, 0.2) is 24.3 Å². The molecule has 3 aromatic rings. The van der Waals surface area contributed by atoms with Crippen LogP contribution in [0, 0.1) is 6.92 Å². The molecule has 0 atom stereocenters. The van der Waals surface area contributed by atoms with E-state index in [4.69, 9.17) is 21.1 Å². The number of halogens is 1. The number of aromatic nitrogens is 4. The molecule has 25 heavy (non-hydrogen) atoms. The summed E-state index contributed by atoms with van der Waals surface area (Å²) in [6, 6.07) is 7.36. The van der Waals surface area contributed by atoms with E-state index >= 15 is 0 Å². The Kier molecular flexibility index (Phi) is 4.96. The molecular formula is C17H17ClN4O3. The van der Waals surface area contributed by atoms with Crippen molar-refractivity contribution in [3.05, 3.63) is 46.4 Å². The highest BCUT2D eigenvalue weighted by Gasteiger charge is 2.22. The maximum absolute atomic E-state index is 12.0. The molecule has 0 aliphatic rings. The van der Waals surface area contributed by atoms with E-state index in [1.165, 1.54) is 0 Å². The number of ether oxygens (including phenoxy) is 2. The van der Waals surface area contributed by atoms with Crippen LogP contribution in [-0.4, -0.2) is 39.5 Å². The Labute approximate surface area is 149 Å². The van der Waals surface area contributed by atoms with Gasteiger partial charge < -0.3 is 9.47 Å². The molecule has 0 N–H and O–H groups in total. The van der Waals surface area contributed by atoms with E-state index < -0.39 is 5.97 Å². The Morgan fingerprint density at radius 2 is 1.96 bits per heavy atom. The third-order valence-corrected chi connectivity index (χ3v) is 3.97. The van der Waals surface area contributed by atoms with Gasteiger partial charge in [0.05, 0.1) is 30.2 Å². The molecule has 0 unspecified atom stereocenters. The highest BCUT2D eigenvalue weighted by atomic mass is 35.5. The van der Waals surface area contributed by atoms with Crippen LogP contribution >= 0.6 is 11.6 Å². The van der Waals surface area contributed by atoms with Crippen LogP contribution in [0.2, 0.25) is 5.02 Å². The molecule has 0 aliphatic heterocycles. The lowest BCUT2D eigenvalue weighted by Crippen LogP contribution is -2.14. The summed E-state index contributed by atoms with van der Waals surface area (Å²) < 4.78 is 11.9. The predicted octanol–water partition coefficient (Wildman–Crippen LogP) is 3.08. The zero-order valence-corrected chi connectivity index (χ0v) is 14.9. The number of nitrogens with zero attached hydrogens (tertiary/aromatic N) is 4. The molecule has 7 nitrogen and oxygen atoms in total. The van der Waals surface area contributed by atoms with Crippen LogP contribution in [0.3, 0.4) is 0 Å². The quantitative estimate of drug-likeness (QED) is 0.650. The third kappa shape index (κ3) is 3.20. The fourth-order valence-corrected chi connectivity index (χ4v) is 2.71. The Hall–Kier alpha value is -2.51. The van der Waals surface area contributed by atoms with Gasteiger partial charge in [0, 0.05) is 12.1 Å². The summed E-state index contributed by atoms with van der Waals surface area (Å²) in [7, 11) is 1.60. The van der Waals surface area contributed by atoms with E-state index in [0.717, 1.165) is 11.1 Å². The van der Waals surface area contributed by atoms with Crippen molar-refractivity contribution in [2.24, 2.45) is 0 Å². The Morgan fingerprint density at radius 1 is 1.24 bits per heavy atom. The lowest BCUT2D eigenvalue weighted by Gasteiger charge is -2.06. The average Bonchev–Trinajstić information content (AvgIpc) is 2.96. The molecule has 130 valence electrons. The molecule has 8 heteroatoms. The van der Waals surface area contributed by atoms with Crippen molar-refractivity contribution in [2.45, 2.75) is 20.5 Å². The lowest BCUT2D eigenvalue weighted by atomic mass is 10.1. The largest absolute Gasteiger partial charge is 0.461 e. The summed E-state index contributed by atoms with van der Waals surface area (Å²) in [5.41, 5.74) is 3.63. The summed E-state index contributed by atoms with van der Waals surface area (Å²) in [5, 5.41) is 13.4. The summed E-state index contributed by atoms with van der Waals surface area (Å²) >= 11 is 5.98. The van der Waals surface area contributed by atoms with Gasteiger partial charge in [-0.3, -0.25) is 0 Å². The number of fused-ring (bicyclic) bond motifs is 1. The predicted molar refractivity (Wildman–Crippen MR) is 92.6 cm³/mol. The van der Waals surface area contributed by atoms with Gasteiger partial charge >= 0.3 is 5.97 Å². The zero-order valence-electron chi connectivity index (χ0n) is 14.1. The smallest absolute Gasteiger partial charge is 0.360 e. The molecule has 0 fully saturated rings. The molecule has 0 saturated heterocycles. The molecule has 0 spiro atoms. The van der Waals surface area contributed by atoms with Crippen molar-refractivity contribution >= 4 is 23.2 Å². The van der Waals surface area contributed by atoms with Gasteiger partial charge in [-0.15, -0.1) is 10.2 Å². The second kappa shape index (κ2) is 7.16. The molecule has 3 rings (SSSR count). The van der Waals surface area contributed by atoms with Crippen molar-refractivity contribution in [3.8, 4) is 11.1 Å². The maximum Gasteiger partial charge on any atom is 0.360 e. The van der Waals surface area contributed by atoms with Crippen LogP contribution in [0.5, 0.6) is 0 Å². The van der Waals surface area contributed by atoms with Crippen LogP contribution < -0.4 is 0 Å². The standard InChI is InChI=1S/C17H17ClN4O3/c1-4-25-17(23)15-10(2)22-16(20-19-15)14(13(21-22)9-24-3)11-5-7-12(18)8-6-11/h5-8H,4,9H2,1-3H3. The minimum atomic E-state index is -0.522. The van der Waals surface area contributed by atoms with Gasteiger partial charge in [0.25, 0.3) is 0 Å². The second-order valence-corrected chi connectivity index (χ2v) is 5.79. The number of carbonyl (C=O) groups is 1. The fraction of sp³-hybridized carbons (Fsp3) is 0.294. The fourth-order valence-electron chi connectivity index (χ4n) is 2.59. The van der Waals surface area contributed by atoms with Gasteiger partial charge in [-0.25, -0.2) is 9.31 Å². The molecule has 0 radical (unpaired) electrons. The number of esters is 1. The number of carbonyl (C=O) groups excluding carboxylic acids is 1. The van der Waals surface area contributed by atoms with E-state index in [9.17, 15) is 4.79 Å². The van der Waals surface area contributed by atoms with Crippen LogP contribution in [0.1, 0.15) is 28.8 Å². The Morgan fingerprint density at radius 3 is 2.60 bits per heavy atom. The van der Waals surface area contributed by atoms with Crippen molar-refractivity contribution in [2.75, 3.05) is 13.7 Å². The number of aryl methyl sites for hydroxylation is 1. The van der Waals surface area contributed by atoms with E-state index in [1.807, 2.05) is 12.1 Å². The Bertz CT molecular complexity index is 922. The van der Waals surface area contributed by atoms with Crippen LogP contribution in [0.25, 0.3) is 16.8 Å². The minimum absolute atomic E-state index is 0.142. The highest BCUT2D eigenvalue weighted by molar-refractivity contribution is 6.30. The average molecular weight is 361 g/mol. The van der Waals surface area contributed by atoms with E-state index in [0.29, 0.717) is 28.7 Å². The zero-order chi connectivity index (χ0) is 18.0. The van der Waals surface area contributed by atoms with Gasteiger partial charge in [0.1, 0.15) is 0 Å². The summed E-state index contributed by atoms with van der Waals surface area (Å²) in [6.07, 6.45) is 0. The van der Waals surface area contributed by atoms with Crippen LogP contribution in [-0.2, 0) is 16.1 Å². The number of rotatable bonds is 5. The lowest BCUT2D eigenvalue weighted by molar-refractivity contribution is 0.0516. The first-order valence-corrected chi connectivity index (χ1v) is 8.11. The summed E-state index contributed by atoms with van der Waals surface area (Å²) in [6.45, 7) is 4.06. The summed E-state index contributed by atoms with van der Waals surface area (Å²) in [4.78, 5) is 12.0.